The first kappa shape index (κ1) is 13.9. The van der Waals surface area contributed by atoms with Crippen molar-refractivity contribution in [3.05, 3.63) is 0 Å². The van der Waals surface area contributed by atoms with E-state index in [4.69, 9.17) is 5.26 Å². The van der Waals surface area contributed by atoms with Crippen LogP contribution in [0.3, 0.4) is 0 Å². The van der Waals surface area contributed by atoms with E-state index in [-0.39, 0.29) is 5.54 Å². The molecule has 1 aliphatic carbocycles. The highest BCUT2D eigenvalue weighted by Gasteiger charge is 2.46. The minimum Gasteiger partial charge on any atom is -0.294 e. The fourth-order valence-electron chi connectivity index (χ4n) is 4.55. The predicted molar refractivity (Wildman–Crippen MR) is 75.1 cm³/mol. The topological polar surface area (TPSA) is 27.0 Å². The van der Waals surface area contributed by atoms with Crippen LogP contribution < -0.4 is 0 Å². The molecule has 0 radical (unpaired) electrons. The zero-order valence-electron chi connectivity index (χ0n) is 12.4. The molecule has 2 aliphatic rings. The molecule has 1 aliphatic heterocycles. The highest BCUT2D eigenvalue weighted by Crippen LogP contribution is 2.46. The van der Waals surface area contributed by atoms with Crippen LogP contribution in [-0.2, 0) is 0 Å². The third-order valence-electron chi connectivity index (χ3n) is 5.32. The van der Waals surface area contributed by atoms with Gasteiger partial charge in [0, 0.05) is 24.5 Å². The number of nitriles is 1. The number of fused-ring (bicyclic) bond motifs is 1. The van der Waals surface area contributed by atoms with Crippen LogP contribution in [0, 0.1) is 29.1 Å². The fourth-order valence-corrected chi connectivity index (χ4v) is 4.55. The zero-order chi connectivity index (χ0) is 13.3. The lowest BCUT2D eigenvalue weighted by atomic mass is 9.65. The molecule has 4 atom stereocenters. The summed E-state index contributed by atoms with van der Waals surface area (Å²) in [4.78, 5) is 2.66. The van der Waals surface area contributed by atoms with Crippen molar-refractivity contribution in [2.75, 3.05) is 6.54 Å². The molecule has 1 saturated heterocycles. The summed E-state index contributed by atoms with van der Waals surface area (Å²) in [6, 6.07) is 3.06. The van der Waals surface area contributed by atoms with Gasteiger partial charge in [0.15, 0.2) is 0 Å². The summed E-state index contributed by atoms with van der Waals surface area (Å²) in [6.45, 7) is 10.6. The molecule has 0 bridgehead atoms. The zero-order valence-corrected chi connectivity index (χ0v) is 12.4. The lowest BCUT2D eigenvalue weighted by Crippen LogP contribution is -2.60. The minimum absolute atomic E-state index is 0.276. The van der Waals surface area contributed by atoms with Crippen molar-refractivity contribution in [3.63, 3.8) is 0 Å². The Morgan fingerprint density at radius 3 is 2.67 bits per heavy atom. The van der Waals surface area contributed by atoms with E-state index in [9.17, 15) is 0 Å². The van der Waals surface area contributed by atoms with E-state index in [1.54, 1.807) is 0 Å². The maximum Gasteiger partial charge on any atom is 0.0635 e. The summed E-state index contributed by atoms with van der Waals surface area (Å²) >= 11 is 0. The second-order valence-corrected chi connectivity index (χ2v) is 7.24. The third kappa shape index (κ3) is 2.57. The van der Waals surface area contributed by atoms with Crippen molar-refractivity contribution in [1.82, 2.24) is 4.90 Å². The molecule has 0 N–H and O–H groups in total. The van der Waals surface area contributed by atoms with Crippen LogP contribution in [0.15, 0.2) is 0 Å². The summed E-state index contributed by atoms with van der Waals surface area (Å²) in [5, 5.41) is 8.88. The monoisotopic (exact) mass is 248 g/mol. The van der Waals surface area contributed by atoms with Crippen molar-refractivity contribution in [2.24, 2.45) is 17.8 Å². The average molecular weight is 248 g/mol. The van der Waals surface area contributed by atoms with Crippen molar-refractivity contribution < 1.29 is 0 Å². The largest absolute Gasteiger partial charge is 0.294 e. The first-order valence-corrected chi connectivity index (χ1v) is 7.59. The van der Waals surface area contributed by atoms with Gasteiger partial charge in [0.25, 0.3) is 0 Å². The van der Waals surface area contributed by atoms with Gasteiger partial charge in [-0.1, -0.05) is 13.8 Å². The highest BCUT2D eigenvalue weighted by atomic mass is 15.2. The number of hydrogen-bond acceptors (Lipinski definition) is 2. The van der Waals surface area contributed by atoms with Gasteiger partial charge in [-0.25, -0.2) is 0 Å². The van der Waals surface area contributed by atoms with Gasteiger partial charge in [-0.15, -0.1) is 0 Å². The first-order chi connectivity index (χ1) is 8.45. The molecule has 0 amide bonds. The van der Waals surface area contributed by atoms with Gasteiger partial charge >= 0.3 is 0 Å². The Balaban J connectivity index is 2.17. The summed E-state index contributed by atoms with van der Waals surface area (Å²) in [5.41, 5.74) is 0.276. The number of piperidine rings is 1. The van der Waals surface area contributed by atoms with Gasteiger partial charge in [0.1, 0.15) is 0 Å². The molecular weight excluding hydrogens is 220 g/mol. The number of rotatable bonds is 2. The average Bonchev–Trinajstić information content (AvgIpc) is 2.29. The second-order valence-electron chi connectivity index (χ2n) is 7.24. The second kappa shape index (κ2) is 5.21. The Hall–Kier alpha value is -0.550. The third-order valence-corrected chi connectivity index (χ3v) is 5.32. The van der Waals surface area contributed by atoms with Crippen LogP contribution in [0.5, 0.6) is 0 Å². The lowest BCUT2D eigenvalue weighted by molar-refractivity contribution is -0.0650. The Labute approximate surface area is 112 Å². The molecule has 0 spiro atoms. The predicted octanol–water partition coefficient (Wildman–Crippen LogP) is 3.83. The minimum atomic E-state index is 0.276. The highest BCUT2D eigenvalue weighted by molar-refractivity contribution is 5.01. The molecular formula is C16H28N2. The van der Waals surface area contributed by atoms with E-state index in [1.807, 2.05) is 0 Å². The van der Waals surface area contributed by atoms with Crippen LogP contribution in [-0.4, -0.2) is 23.0 Å². The SMILES string of the molecule is CC1CCC2C(C1)C(C)CC(C)(C)N2CCC#N. The molecule has 1 saturated carbocycles. The van der Waals surface area contributed by atoms with Crippen molar-refractivity contribution >= 4 is 0 Å². The summed E-state index contributed by atoms with van der Waals surface area (Å²) < 4.78 is 0. The number of nitrogens with zero attached hydrogens (tertiary/aromatic N) is 2. The van der Waals surface area contributed by atoms with E-state index in [0.29, 0.717) is 6.42 Å². The Morgan fingerprint density at radius 2 is 2.00 bits per heavy atom. The van der Waals surface area contributed by atoms with Gasteiger partial charge in [-0.3, -0.25) is 4.90 Å². The Kier molecular flexibility index (Phi) is 4.02. The smallest absolute Gasteiger partial charge is 0.0635 e. The number of hydrogen-bond donors (Lipinski definition) is 0. The quantitative estimate of drug-likeness (QED) is 0.742. The van der Waals surface area contributed by atoms with Crippen LogP contribution in [0.25, 0.3) is 0 Å². The van der Waals surface area contributed by atoms with Crippen LogP contribution in [0.2, 0.25) is 0 Å². The summed E-state index contributed by atoms with van der Waals surface area (Å²) in [6.07, 6.45) is 6.06. The molecule has 2 fully saturated rings. The van der Waals surface area contributed by atoms with E-state index >= 15 is 0 Å². The van der Waals surface area contributed by atoms with Gasteiger partial charge < -0.3 is 0 Å². The molecule has 102 valence electrons. The molecule has 2 nitrogen and oxygen atoms in total. The molecule has 2 rings (SSSR count). The normalized spacial score (nSPS) is 39.9. The lowest BCUT2D eigenvalue weighted by Gasteiger charge is -2.56. The standard InChI is InChI=1S/C16H28N2/c1-12-6-7-15-14(10-12)13(2)11-16(3,4)18(15)9-5-8-17/h12-15H,5-7,9-11H2,1-4H3. The van der Waals surface area contributed by atoms with E-state index in [0.717, 1.165) is 30.3 Å². The van der Waals surface area contributed by atoms with Gasteiger partial charge in [-0.05, 0) is 57.3 Å². The maximum atomic E-state index is 8.88. The molecule has 0 aromatic heterocycles. The molecule has 0 aromatic rings. The van der Waals surface area contributed by atoms with E-state index in [1.165, 1.54) is 25.7 Å². The van der Waals surface area contributed by atoms with Gasteiger partial charge in [0.05, 0.1) is 6.07 Å². The maximum absolute atomic E-state index is 8.88. The summed E-state index contributed by atoms with van der Waals surface area (Å²) in [7, 11) is 0. The van der Waals surface area contributed by atoms with Crippen molar-refractivity contribution in [2.45, 2.75) is 71.4 Å². The van der Waals surface area contributed by atoms with Crippen LogP contribution in [0.4, 0.5) is 0 Å². The number of likely N-dealkylation sites (tertiary alicyclic amines) is 1. The van der Waals surface area contributed by atoms with Crippen molar-refractivity contribution in [3.8, 4) is 6.07 Å². The molecule has 18 heavy (non-hydrogen) atoms. The summed E-state index contributed by atoms with van der Waals surface area (Å²) in [5.74, 6) is 2.60. The van der Waals surface area contributed by atoms with E-state index < -0.39 is 0 Å². The van der Waals surface area contributed by atoms with Crippen LogP contribution in [0.1, 0.15) is 59.8 Å². The Bertz CT molecular complexity index is 328. The van der Waals surface area contributed by atoms with Crippen molar-refractivity contribution in [1.29, 1.82) is 5.26 Å². The fraction of sp³-hybridized carbons (Fsp3) is 0.938. The van der Waals surface area contributed by atoms with Gasteiger partial charge in [-0.2, -0.15) is 5.26 Å². The first-order valence-electron chi connectivity index (χ1n) is 7.59. The van der Waals surface area contributed by atoms with Gasteiger partial charge in [0.2, 0.25) is 0 Å². The Morgan fingerprint density at radius 1 is 1.28 bits per heavy atom. The molecule has 2 heteroatoms. The van der Waals surface area contributed by atoms with E-state index in [2.05, 4.69) is 38.7 Å². The molecule has 4 unspecified atom stereocenters. The molecule has 0 aromatic carbocycles. The molecule has 1 heterocycles. The van der Waals surface area contributed by atoms with Crippen LogP contribution >= 0.6 is 0 Å².